The van der Waals surface area contributed by atoms with Crippen LogP contribution in [0.15, 0.2) is 17.1 Å². The van der Waals surface area contributed by atoms with Crippen molar-refractivity contribution < 1.29 is 0 Å². The summed E-state index contributed by atoms with van der Waals surface area (Å²) in [6.45, 7) is 0. The average Bonchev–Trinajstić information content (AvgIpc) is 2.47. The summed E-state index contributed by atoms with van der Waals surface area (Å²) in [7, 11) is 0. The van der Waals surface area contributed by atoms with Crippen LogP contribution >= 0.6 is 22.9 Å². The second-order valence-electron chi connectivity index (χ2n) is 2.44. The van der Waals surface area contributed by atoms with Gasteiger partial charge in [-0.3, -0.25) is 4.79 Å². The molecule has 0 aliphatic heterocycles. The van der Waals surface area contributed by atoms with Crippen molar-refractivity contribution in [1.82, 2.24) is 4.98 Å². The van der Waals surface area contributed by atoms with E-state index in [1.54, 1.807) is 6.07 Å². The normalized spacial score (nSPS) is 10.2. The van der Waals surface area contributed by atoms with E-state index in [9.17, 15) is 4.79 Å². The second kappa shape index (κ2) is 2.87. The van der Waals surface area contributed by atoms with Crippen molar-refractivity contribution in [3.63, 3.8) is 0 Å². The van der Waals surface area contributed by atoms with Crippen LogP contribution in [0.2, 0.25) is 4.34 Å². The molecule has 13 heavy (non-hydrogen) atoms. The molecule has 1 N–H and O–H groups in total. The summed E-state index contributed by atoms with van der Waals surface area (Å²) >= 11 is 7.01. The van der Waals surface area contributed by atoms with Gasteiger partial charge in [0.05, 0.1) is 9.72 Å². The smallest absolute Gasteiger partial charge is 0.208 e. The largest absolute Gasteiger partial charge is 0.351 e. The number of H-pyrrole nitrogens is 1. The van der Waals surface area contributed by atoms with E-state index < -0.39 is 0 Å². The monoisotopic (exact) mass is 210 g/mol. The van der Waals surface area contributed by atoms with Gasteiger partial charge in [0.2, 0.25) is 5.43 Å². The van der Waals surface area contributed by atoms with Gasteiger partial charge in [0.15, 0.2) is 0 Å². The predicted octanol–water partition coefficient (Wildman–Crippen LogP) is 2.11. The van der Waals surface area contributed by atoms with E-state index in [1.807, 2.05) is 6.07 Å². The number of hydrogen-bond donors (Lipinski definition) is 1. The molecule has 5 heteroatoms. The Balaban J connectivity index is 2.96. The number of pyridine rings is 1. The van der Waals surface area contributed by atoms with Gasteiger partial charge < -0.3 is 4.98 Å². The number of thiophene rings is 1. The van der Waals surface area contributed by atoms with Gasteiger partial charge in [0.25, 0.3) is 0 Å². The molecule has 3 nitrogen and oxygen atoms in total. The standard InChI is InChI=1S/C8H3ClN2OS/c9-6-1-5-7(12)4(2-10)3-11-8(5)13-6/h1,3H,(H,11,12). The number of halogens is 1. The Bertz CT molecular complexity index is 564. The van der Waals surface area contributed by atoms with Crippen molar-refractivity contribution in [3.05, 3.63) is 32.4 Å². The number of aromatic nitrogens is 1. The summed E-state index contributed by atoms with van der Waals surface area (Å²) in [5, 5.41) is 9.07. The molecule has 0 unspecified atom stereocenters. The first-order valence-corrected chi connectivity index (χ1v) is 4.62. The molecule has 0 aliphatic rings. The first kappa shape index (κ1) is 8.30. The number of aromatic amines is 1. The van der Waals surface area contributed by atoms with Crippen LogP contribution in [0.3, 0.4) is 0 Å². The topological polar surface area (TPSA) is 56.6 Å². The summed E-state index contributed by atoms with van der Waals surface area (Å²) in [4.78, 5) is 15.0. The molecule has 2 heterocycles. The Morgan fingerprint density at radius 3 is 3.08 bits per heavy atom. The Labute approximate surface area is 82.2 Å². The van der Waals surface area contributed by atoms with Crippen LogP contribution in [0, 0.1) is 11.3 Å². The van der Waals surface area contributed by atoms with E-state index >= 15 is 0 Å². The summed E-state index contributed by atoms with van der Waals surface area (Å²) in [6, 6.07) is 3.39. The third kappa shape index (κ3) is 1.22. The number of nitriles is 1. The van der Waals surface area contributed by atoms with Gasteiger partial charge in [-0.2, -0.15) is 5.26 Å². The lowest BCUT2D eigenvalue weighted by molar-refractivity contribution is 1.37. The van der Waals surface area contributed by atoms with Crippen LogP contribution in [0.1, 0.15) is 5.56 Å². The van der Waals surface area contributed by atoms with E-state index in [-0.39, 0.29) is 11.0 Å². The van der Waals surface area contributed by atoms with Gasteiger partial charge in [-0.05, 0) is 6.07 Å². The fourth-order valence-electron chi connectivity index (χ4n) is 1.07. The first-order chi connectivity index (χ1) is 6.22. The lowest BCUT2D eigenvalue weighted by Gasteiger charge is -1.88. The van der Waals surface area contributed by atoms with Crippen molar-refractivity contribution in [2.24, 2.45) is 0 Å². The Morgan fingerprint density at radius 1 is 1.62 bits per heavy atom. The maximum atomic E-state index is 11.5. The molecular weight excluding hydrogens is 208 g/mol. The molecule has 0 bridgehead atoms. The lowest BCUT2D eigenvalue weighted by atomic mass is 10.2. The molecule has 0 spiro atoms. The molecule has 0 aliphatic carbocycles. The van der Waals surface area contributed by atoms with Gasteiger partial charge in [0.1, 0.15) is 16.5 Å². The summed E-state index contributed by atoms with van der Waals surface area (Å²) in [5.74, 6) is 0. The van der Waals surface area contributed by atoms with Crippen LogP contribution in [0.25, 0.3) is 10.2 Å². The van der Waals surface area contributed by atoms with Crippen LogP contribution in [-0.2, 0) is 0 Å². The number of nitrogens with zero attached hydrogens (tertiary/aromatic N) is 1. The molecule has 0 aromatic carbocycles. The highest BCUT2D eigenvalue weighted by molar-refractivity contribution is 7.22. The van der Waals surface area contributed by atoms with Gasteiger partial charge in [-0.15, -0.1) is 11.3 Å². The number of hydrogen-bond acceptors (Lipinski definition) is 3. The third-order valence-electron chi connectivity index (χ3n) is 1.66. The molecule has 0 amide bonds. The SMILES string of the molecule is N#Cc1c[nH]c2sc(Cl)cc2c1=O. The highest BCUT2D eigenvalue weighted by Gasteiger charge is 2.07. The van der Waals surface area contributed by atoms with E-state index in [0.717, 1.165) is 0 Å². The predicted molar refractivity (Wildman–Crippen MR) is 52.2 cm³/mol. The Kier molecular flexibility index (Phi) is 1.83. The van der Waals surface area contributed by atoms with Gasteiger partial charge in [-0.25, -0.2) is 0 Å². The minimum atomic E-state index is -0.264. The van der Waals surface area contributed by atoms with Gasteiger partial charge >= 0.3 is 0 Å². The number of rotatable bonds is 0. The molecular formula is C8H3ClN2OS. The quantitative estimate of drug-likeness (QED) is 0.724. The molecule has 2 rings (SSSR count). The van der Waals surface area contributed by atoms with E-state index in [1.165, 1.54) is 17.5 Å². The van der Waals surface area contributed by atoms with Crippen molar-refractivity contribution in [2.45, 2.75) is 0 Å². The van der Waals surface area contributed by atoms with E-state index in [0.29, 0.717) is 14.6 Å². The maximum Gasteiger partial charge on any atom is 0.208 e. The fraction of sp³-hybridized carbons (Fsp3) is 0. The minimum absolute atomic E-state index is 0.113. The summed E-state index contributed by atoms with van der Waals surface area (Å²) < 4.78 is 0.540. The Morgan fingerprint density at radius 2 is 2.38 bits per heavy atom. The Hall–Kier alpha value is -1.31. The van der Waals surface area contributed by atoms with E-state index in [4.69, 9.17) is 16.9 Å². The second-order valence-corrected chi connectivity index (χ2v) is 4.12. The molecule has 0 saturated carbocycles. The van der Waals surface area contributed by atoms with Crippen molar-refractivity contribution in [3.8, 4) is 6.07 Å². The first-order valence-electron chi connectivity index (χ1n) is 3.43. The average molecular weight is 211 g/mol. The van der Waals surface area contributed by atoms with Crippen molar-refractivity contribution >= 4 is 33.2 Å². The summed E-state index contributed by atoms with van der Waals surface area (Å²) in [5.41, 5.74) is -0.152. The number of nitrogens with one attached hydrogen (secondary N) is 1. The molecule has 0 fully saturated rings. The van der Waals surface area contributed by atoms with Gasteiger partial charge in [-0.1, -0.05) is 11.6 Å². The molecule has 64 valence electrons. The molecule has 0 atom stereocenters. The highest BCUT2D eigenvalue weighted by Crippen LogP contribution is 2.25. The minimum Gasteiger partial charge on any atom is -0.351 e. The van der Waals surface area contributed by atoms with Crippen LogP contribution < -0.4 is 5.43 Å². The summed E-state index contributed by atoms with van der Waals surface area (Å²) in [6.07, 6.45) is 1.40. The van der Waals surface area contributed by atoms with E-state index in [2.05, 4.69) is 4.98 Å². The zero-order valence-electron chi connectivity index (χ0n) is 6.30. The van der Waals surface area contributed by atoms with Crippen molar-refractivity contribution in [1.29, 1.82) is 5.26 Å². The molecule has 2 aromatic rings. The lowest BCUT2D eigenvalue weighted by Crippen LogP contribution is -2.04. The van der Waals surface area contributed by atoms with Crippen molar-refractivity contribution in [2.75, 3.05) is 0 Å². The maximum absolute atomic E-state index is 11.5. The zero-order chi connectivity index (χ0) is 9.42. The molecule has 2 aromatic heterocycles. The van der Waals surface area contributed by atoms with Gasteiger partial charge in [0, 0.05) is 6.20 Å². The van der Waals surface area contributed by atoms with Crippen LogP contribution in [0.4, 0.5) is 0 Å². The molecule has 0 saturated heterocycles. The highest BCUT2D eigenvalue weighted by atomic mass is 35.5. The molecule has 0 radical (unpaired) electrons. The van der Waals surface area contributed by atoms with Crippen LogP contribution in [-0.4, -0.2) is 4.98 Å². The third-order valence-corrected chi connectivity index (χ3v) is 2.85. The number of fused-ring (bicyclic) bond motifs is 1. The zero-order valence-corrected chi connectivity index (χ0v) is 7.87. The fourth-order valence-corrected chi connectivity index (χ4v) is 2.16. The van der Waals surface area contributed by atoms with Crippen LogP contribution in [0.5, 0.6) is 0 Å².